The fourth-order valence-corrected chi connectivity index (χ4v) is 2.23. The molecule has 1 N–H and O–H groups in total. The number of rotatable bonds is 5. The third-order valence-electron chi connectivity index (χ3n) is 2.91. The molecule has 0 aliphatic rings. The number of aromatic hydroxyl groups is 1. The number of alkyl halides is 1. The van der Waals surface area contributed by atoms with Crippen molar-refractivity contribution in [1.29, 1.82) is 0 Å². The number of hydrogen-bond acceptors (Lipinski definition) is 2. The second kappa shape index (κ2) is 6.37. The van der Waals surface area contributed by atoms with E-state index in [1.165, 1.54) is 0 Å². The van der Waals surface area contributed by atoms with Crippen molar-refractivity contribution in [2.45, 2.75) is 45.4 Å². The van der Waals surface area contributed by atoms with Crippen LogP contribution in [0.25, 0.3) is 0 Å². The SMILES string of the molecule is CC(C)(C)c1cc(C(=O)CCCCBr)ccc1O. The van der Waals surface area contributed by atoms with Crippen LogP contribution < -0.4 is 0 Å². The summed E-state index contributed by atoms with van der Waals surface area (Å²) in [5.74, 6) is 0.418. The Morgan fingerprint density at radius 2 is 1.94 bits per heavy atom. The number of hydrogen-bond donors (Lipinski definition) is 1. The smallest absolute Gasteiger partial charge is 0.162 e. The van der Waals surface area contributed by atoms with Crippen molar-refractivity contribution in [2.75, 3.05) is 5.33 Å². The maximum atomic E-state index is 12.0. The summed E-state index contributed by atoms with van der Waals surface area (Å²) in [6, 6.07) is 5.16. The number of benzene rings is 1. The highest BCUT2D eigenvalue weighted by Crippen LogP contribution is 2.31. The minimum Gasteiger partial charge on any atom is -0.508 e. The van der Waals surface area contributed by atoms with Crippen LogP contribution in [-0.2, 0) is 5.41 Å². The highest BCUT2D eigenvalue weighted by atomic mass is 79.9. The average Bonchev–Trinajstić information content (AvgIpc) is 2.28. The van der Waals surface area contributed by atoms with Crippen LogP contribution in [0.2, 0.25) is 0 Å². The number of phenols is 1. The lowest BCUT2D eigenvalue weighted by Gasteiger charge is -2.21. The minimum atomic E-state index is -0.157. The van der Waals surface area contributed by atoms with E-state index < -0.39 is 0 Å². The lowest BCUT2D eigenvalue weighted by Crippen LogP contribution is -2.12. The van der Waals surface area contributed by atoms with Gasteiger partial charge in [0.2, 0.25) is 0 Å². The van der Waals surface area contributed by atoms with Crippen molar-refractivity contribution in [3.05, 3.63) is 29.3 Å². The molecule has 0 fully saturated rings. The lowest BCUT2D eigenvalue weighted by atomic mass is 9.85. The van der Waals surface area contributed by atoms with Crippen LogP contribution in [0.15, 0.2) is 18.2 Å². The zero-order valence-electron chi connectivity index (χ0n) is 11.3. The molecule has 0 saturated carbocycles. The van der Waals surface area contributed by atoms with Crippen LogP contribution in [0.4, 0.5) is 0 Å². The molecule has 100 valence electrons. The highest BCUT2D eigenvalue weighted by molar-refractivity contribution is 9.09. The molecule has 0 aliphatic heterocycles. The molecule has 0 aromatic heterocycles. The highest BCUT2D eigenvalue weighted by Gasteiger charge is 2.19. The standard InChI is InChI=1S/C15H21BrO2/c1-15(2,3)12-10-11(7-8-14(12)18)13(17)6-4-5-9-16/h7-8,10,18H,4-6,9H2,1-3H3. The van der Waals surface area contributed by atoms with E-state index in [0.717, 1.165) is 23.7 Å². The molecule has 0 saturated heterocycles. The van der Waals surface area contributed by atoms with Crippen LogP contribution in [0.3, 0.4) is 0 Å². The van der Waals surface area contributed by atoms with Gasteiger partial charge in [-0.25, -0.2) is 0 Å². The molecule has 0 atom stereocenters. The van der Waals surface area contributed by atoms with Crippen molar-refractivity contribution in [1.82, 2.24) is 0 Å². The first-order valence-corrected chi connectivity index (χ1v) is 7.41. The van der Waals surface area contributed by atoms with E-state index in [2.05, 4.69) is 15.9 Å². The normalized spacial score (nSPS) is 11.6. The Hall–Kier alpha value is -0.830. The Labute approximate surface area is 118 Å². The molecule has 1 aromatic rings. The lowest BCUT2D eigenvalue weighted by molar-refractivity contribution is 0.0980. The van der Waals surface area contributed by atoms with Gasteiger partial charge >= 0.3 is 0 Å². The van der Waals surface area contributed by atoms with Crippen molar-refractivity contribution in [2.24, 2.45) is 0 Å². The van der Waals surface area contributed by atoms with Crippen molar-refractivity contribution >= 4 is 21.7 Å². The first kappa shape index (κ1) is 15.2. The largest absolute Gasteiger partial charge is 0.508 e. The molecule has 3 heteroatoms. The van der Waals surface area contributed by atoms with E-state index in [1.807, 2.05) is 26.8 Å². The molecule has 0 radical (unpaired) electrons. The predicted molar refractivity (Wildman–Crippen MR) is 78.8 cm³/mol. The fraction of sp³-hybridized carbons (Fsp3) is 0.533. The summed E-state index contributed by atoms with van der Waals surface area (Å²) >= 11 is 3.36. The summed E-state index contributed by atoms with van der Waals surface area (Å²) in [5.41, 5.74) is 1.37. The van der Waals surface area contributed by atoms with Gasteiger partial charge in [-0.1, -0.05) is 36.7 Å². The van der Waals surface area contributed by atoms with Crippen molar-refractivity contribution in [3.63, 3.8) is 0 Å². The number of carbonyl (C=O) groups is 1. The summed E-state index contributed by atoms with van der Waals surface area (Å²) in [4.78, 5) is 12.0. The molecule has 2 nitrogen and oxygen atoms in total. The number of carbonyl (C=O) groups excluding carboxylic acids is 1. The van der Waals surface area contributed by atoms with E-state index >= 15 is 0 Å². The molecule has 18 heavy (non-hydrogen) atoms. The van der Waals surface area contributed by atoms with Gasteiger partial charge in [-0.05, 0) is 42.0 Å². The number of unbranched alkanes of at least 4 members (excludes halogenated alkanes) is 1. The van der Waals surface area contributed by atoms with Crippen LogP contribution >= 0.6 is 15.9 Å². The molecule has 0 spiro atoms. The Balaban J connectivity index is 2.88. The summed E-state index contributed by atoms with van der Waals surface area (Å²) in [5, 5.41) is 10.8. The predicted octanol–water partition coefficient (Wildman–Crippen LogP) is 4.44. The minimum absolute atomic E-state index is 0.154. The monoisotopic (exact) mass is 312 g/mol. The van der Waals surface area contributed by atoms with Crippen LogP contribution in [0.5, 0.6) is 5.75 Å². The second-order valence-electron chi connectivity index (χ2n) is 5.55. The Kier molecular flexibility index (Phi) is 5.39. The average molecular weight is 313 g/mol. The fourth-order valence-electron chi connectivity index (χ4n) is 1.83. The maximum absolute atomic E-state index is 12.0. The Bertz CT molecular complexity index is 419. The summed E-state index contributed by atoms with van der Waals surface area (Å²) in [6.07, 6.45) is 2.48. The van der Waals surface area contributed by atoms with E-state index in [4.69, 9.17) is 0 Å². The zero-order chi connectivity index (χ0) is 13.8. The first-order chi connectivity index (χ1) is 8.36. The quantitative estimate of drug-likeness (QED) is 0.496. The molecule has 0 unspecified atom stereocenters. The topological polar surface area (TPSA) is 37.3 Å². The van der Waals surface area contributed by atoms with Gasteiger partial charge in [0, 0.05) is 17.3 Å². The number of Topliss-reactive ketones (excluding diaryl/α,β-unsaturated/α-hetero) is 1. The van der Waals surface area contributed by atoms with E-state index in [1.54, 1.807) is 12.1 Å². The van der Waals surface area contributed by atoms with Crippen LogP contribution in [-0.4, -0.2) is 16.2 Å². The Morgan fingerprint density at radius 1 is 1.28 bits per heavy atom. The van der Waals surface area contributed by atoms with Gasteiger partial charge in [0.1, 0.15) is 5.75 Å². The number of phenolic OH excluding ortho intramolecular Hbond substituents is 1. The number of halogens is 1. The number of ketones is 1. The summed E-state index contributed by atoms with van der Waals surface area (Å²) < 4.78 is 0. The van der Waals surface area contributed by atoms with Crippen molar-refractivity contribution < 1.29 is 9.90 Å². The summed E-state index contributed by atoms with van der Waals surface area (Å²) in [7, 11) is 0. The van der Waals surface area contributed by atoms with Gasteiger partial charge < -0.3 is 5.11 Å². The van der Waals surface area contributed by atoms with Gasteiger partial charge in [0.05, 0.1) is 0 Å². The van der Waals surface area contributed by atoms with Gasteiger partial charge in [-0.3, -0.25) is 4.79 Å². The maximum Gasteiger partial charge on any atom is 0.162 e. The zero-order valence-corrected chi connectivity index (χ0v) is 12.9. The first-order valence-electron chi connectivity index (χ1n) is 6.29. The Morgan fingerprint density at radius 3 is 2.50 bits per heavy atom. The molecule has 1 aromatic carbocycles. The molecule has 0 bridgehead atoms. The van der Waals surface area contributed by atoms with E-state index in [-0.39, 0.29) is 16.9 Å². The molecular weight excluding hydrogens is 292 g/mol. The van der Waals surface area contributed by atoms with Gasteiger partial charge in [-0.2, -0.15) is 0 Å². The second-order valence-corrected chi connectivity index (χ2v) is 6.34. The third-order valence-corrected chi connectivity index (χ3v) is 3.47. The van der Waals surface area contributed by atoms with Crippen molar-refractivity contribution in [3.8, 4) is 5.75 Å². The van der Waals surface area contributed by atoms with Gasteiger partial charge in [0.15, 0.2) is 5.78 Å². The molecule has 0 heterocycles. The van der Waals surface area contributed by atoms with E-state index in [9.17, 15) is 9.90 Å². The summed E-state index contributed by atoms with van der Waals surface area (Å²) in [6.45, 7) is 6.09. The van der Waals surface area contributed by atoms with E-state index in [0.29, 0.717) is 12.0 Å². The third kappa shape index (κ3) is 4.13. The molecule has 0 aliphatic carbocycles. The molecule has 0 amide bonds. The molecular formula is C15H21BrO2. The van der Waals surface area contributed by atoms with Gasteiger partial charge in [0.25, 0.3) is 0 Å². The molecule has 1 rings (SSSR count). The van der Waals surface area contributed by atoms with Crippen LogP contribution in [0, 0.1) is 0 Å². The van der Waals surface area contributed by atoms with Gasteiger partial charge in [-0.15, -0.1) is 0 Å². The van der Waals surface area contributed by atoms with Crippen LogP contribution in [0.1, 0.15) is 56.0 Å².